The number of para-hydroxylation sites is 1. The van der Waals surface area contributed by atoms with Crippen LogP contribution in [0, 0.1) is 13.8 Å². The van der Waals surface area contributed by atoms with Gasteiger partial charge in [0, 0.05) is 12.5 Å². The Balaban J connectivity index is 2.00. The summed E-state index contributed by atoms with van der Waals surface area (Å²) in [6.07, 6.45) is 0.965. The van der Waals surface area contributed by atoms with E-state index in [1.54, 1.807) is 0 Å². The molecule has 0 aliphatic heterocycles. The molecule has 2 nitrogen and oxygen atoms in total. The first-order valence-electron chi connectivity index (χ1n) is 7.69. The van der Waals surface area contributed by atoms with Gasteiger partial charge in [0.15, 0.2) is 0 Å². The van der Waals surface area contributed by atoms with Crippen LogP contribution in [0.5, 0.6) is 5.75 Å². The van der Waals surface area contributed by atoms with Crippen LogP contribution in [0.2, 0.25) is 0 Å². The summed E-state index contributed by atoms with van der Waals surface area (Å²) >= 11 is 0. The van der Waals surface area contributed by atoms with Gasteiger partial charge in [0.2, 0.25) is 0 Å². The van der Waals surface area contributed by atoms with Crippen LogP contribution in [0.1, 0.15) is 36.1 Å². The van der Waals surface area contributed by atoms with Crippen molar-refractivity contribution in [2.24, 2.45) is 0 Å². The molecule has 0 amide bonds. The second-order valence-electron chi connectivity index (χ2n) is 5.42. The third-order valence-corrected chi connectivity index (χ3v) is 3.68. The molecule has 0 bridgehead atoms. The molecule has 21 heavy (non-hydrogen) atoms. The highest BCUT2D eigenvalue weighted by Crippen LogP contribution is 2.22. The molecule has 0 radical (unpaired) electrons. The second kappa shape index (κ2) is 7.84. The van der Waals surface area contributed by atoms with Crippen molar-refractivity contribution in [2.45, 2.75) is 33.2 Å². The van der Waals surface area contributed by atoms with Crippen molar-refractivity contribution in [3.63, 3.8) is 0 Å². The minimum atomic E-state index is 0.346. The Morgan fingerprint density at radius 1 is 1.05 bits per heavy atom. The van der Waals surface area contributed by atoms with Gasteiger partial charge in [-0.3, -0.25) is 0 Å². The topological polar surface area (TPSA) is 21.3 Å². The molecule has 1 N–H and O–H groups in total. The molecule has 1 unspecified atom stereocenters. The molecule has 0 aromatic heterocycles. The number of hydrogen-bond acceptors (Lipinski definition) is 2. The zero-order chi connectivity index (χ0) is 15.1. The van der Waals surface area contributed by atoms with Crippen molar-refractivity contribution in [2.75, 3.05) is 13.2 Å². The number of ether oxygens (including phenoxy) is 1. The summed E-state index contributed by atoms with van der Waals surface area (Å²) < 4.78 is 5.83. The van der Waals surface area contributed by atoms with Crippen LogP contribution in [0.15, 0.2) is 48.5 Å². The Bertz CT molecular complexity index is 551. The molecule has 0 heterocycles. The van der Waals surface area contributed by atoms with Gasteiger partial charge in [0.05, 0.1) is 6.61 Å². The first kappa shape index (κ1) is 15.6. The molecule has 0 aliphatic carbocycles. The van der Waals surface area contributed by atoms with Crippen LogP contribution >= 0.6 is 0 Å². The van der Waals surface area contributed by atoms with Gasteiger partial charge in [-0.05, 0) is 43.7 Å². The smallest absolute Gasteiger partial charge is 0.119 e. The van der Waals surface area contributed by atoms with Crippen LogP contribution in [-0.4, -0.2) is 13.2 Å². The second-order valence-corrected chi connectivity index (χ2v) is 5.42. The molecule has 0 aliphatic rings. The molecule has 0 fully saturated rings. The highest BCUT2D eigenvalue weighted by atomic mass is 16.5. The lowest BCUT2D eigenvalue weighted by atomic mass is 9.97. The van der Waals surface area contributed by atoms with Gasteiger partial charge in [0.1, 0.15) is 5.75 Å². The number of benzene rings is 2. The number of nitrogens with one attached hydrogen (secondary N) is 1. The number of rotatable bonds is 7. The predicted octanol–water partition coefficient (Wildman–Crippen LogP) is 4.42. The Hall–Kier alpha value is -1.80. The lowest BCUT2D eigenvalue weighted by Gasteiger charge is -2.21. The first-order valence-corrected chi connectivity index (χ1v) is 7.69. The summed E-state index contributed by atoms with van der Waals surface area (Å²) in [6, 6.07) is 17.0. The van der Waals surface area contributed by atoms with Crippen LogP contribution < -0.4 is 10.1 Å². The van der Waals surface area contributed by atoms with E-state index in [9.17, 15) is 0 Å². The standard InChI is InChI=1S/C19H25NO/c1-4-20-19(18-14-15(2)10-11-16(18)3)12-13-21-17-8-6-5-7-9-17/h5-11,14,19-20H,4,12-13H2,1-3H3. The molecule has 2 heteroatoms. The normalized spacial score (nSPS) is 12.1. The fraction of sp³-hybridized carbons (Fsp3) is 0.368. The highest BCUT2D eigenvalue weighted by Gasteiger charge is 2.13. The third kappa shape index (κ3) is 4.61. The summed E-state index contributed by atoms with van der Waals surface area (Å²) in [5.41, 5.74) is 4.03. The molecule has 0 saturated heterocycles. The molecule has 2 aromatic rings. The van der Waals surface area contributed by atoms with E-state index in [1.165, 1.54) is 16.7 Å². The van der Waals surface area contributed by atoms with Crippen molar-refractivity contribution >= 4 is 0 Å². The van der Waals surface area contributed by atoms with E-state index in [4.69, 9.17) is 4.74 Å². The quantitative estimate of drug-likeness (QED) is 0.812. The van der Waals surface area contributed by atoms with Crippen LogP contribution in [0.4, 0.5) is 0 Å². The van der Waals surface area contributed by atoms with E-state index in [0.29, 0.717) is 6.04 Å². The Morgan fingerprint density at radius 2 is 1.81 bits per heavy atom. The van der Waals surface area contributed by atoms with E-state index in [1.807, 2.05) is 30.3 Å². The summed E-state index contributed by atoms with van der Waals surface area (Å²) in [7, 11) is 0. The zero-order valence-electron chi connectivity index (χ0n) is 13.2. The van der Waals surface area contributed by atoms with E-state index < -0.39 is 0 Å². The van der Waals surface area contributed by atoms with E-state index in [-0.39, 0.29) is 0 Å². The SMILES string of the molecule is CCNC(CCOc1ccccc1)c1cc(C)ccc1C. The number of aryl methyl sites for hydroxylation is 2. The fourth-order valence-corrected chi connectivity index (χ4v) is 2.56. The fourth-order valence-electron chi connectivity index (χ4n) is 2.56. The van der Waals surface area contributed by atoms with Gasteiger partial charge in [-0.1, -0.05) is 48.9 Å². The maximum Gasteiger partial charge on any atom is 0.119 e. The monoisotopic (exact) mass is 283 g/mol. The van der Waals surface area contributed by atoms with Crippen molar-refractivity contribution in [1.29, 1.82) is 0 Å². The largest absolute Gasteiger partial charge is 0.494 e. The van der Waals surface area contributed by atoms with E-state index in [2.05, 4.69) is 44.3 Å². The van der Waals surface area contributed by atoms with Crippen molar-refractivity contribution in [3.8, 4) is 5.75 Å². The maximum absolute atomic E-state index is 5.83. The Labute approximate surface area is 128 Å². The molecule has 2 aromatic carbocycles. The molecule has 0 spiro atoms. The minimum absolute atomic E-state index is 0.346. The predicted molar refractivity (Wildman–Crippen MR) is 88.9 cm³/mol. The van der Waals surface area contributed by atoms with E-state index in [0.717, 1.165) is 25.3 Å². The first-order chi connectivity index (χ1) is 10.2. The Kier molecular flexibility index (Phi) is 5.82. The average Bonchev–Trinajstić information content (AvgIpc) is 2.50. The zero-order valence-corrected chi connectivity index (χ0v) is 13.2. The molecular formula is C19H25NO. The number of hydrogen-bond donors (Lipinski definition) is 1. The molecule has 0 saturated carbocycles. The summed E-state index contributed by atoms with van der Waals surface area (Å²) in [6.45, 7) is 8.15. The molecule has 2 rings (SSSR count). The molecule has 112 valence electrons. The van der Waals surface area contributed by atoms with Crippen molar-refractivity contribution in [3.05, 3.63) is 65.2 Å². The van der Waals surface area contributed by atoms with Crippen LogP contribution in [-0.2, 0) is 0 Å². The van der Waals surface area contributed by atoms with Gasteiger partial charge in [-0.25, -0.2) is 0 Å². The van der Waals surface area contributed by atoms with Crippen LogP contribution in [0.3, 0.4) is 0 Å². The Morgan fingerprint density at radius 3 is 2.52 bits per heavy atom. The van der Waals surface area contributed by atoms with Gasteiger partial charge >= 0.3 is 0 Å². The average molecular weight is 283 g/mol. The van der Waals surface area contributed by atoms with Gasteiger partial charge in [-0.15, -0.1) is 0 Å². The molecular weight excluding hydrogens is 258 g/mol. The molecule has 1 atom stereocenters. The van der Waals surface area contributed by atoms with Gasteiger partial charge in [0.25, 0.3) is 0 Å². The lowest BCUT2D eigenvalue weighted by Crippen LogP contribution is -2.23. The maximum atomic E-state index is 5.83. The lowest BCUT2D eigenvalue weighted by molar-refractivity contribution is 0.287. The van der Waals surface area contributed by atoms with Gasteiger partial charge in [-0.2, -0.15) is 0 Å². The third-order valence-electron chi connectivity index (χ3n) is 3.68. The minimum Gasteiger partial charge on any atom is -0.494 e. The summed E-state index contributed by atoms with van der Waals surface area (Å²) in [4.78, 5) is 0. The van der Waals surface area contributed by atoms with Crippen molar-refractivity contribution in [1.82, 2.24) is 5.32 Å². The highest BCUT2D eigenvalue weighted by molar-refractivity contribution is 5.33. The summed E-state index contributed by atoms with van der Waals surface area (Å²) in [5, 5.41) is 3.57. The van der Waals surface area contributed by atoms with Crippen LogP contribution in [0.25, 0.3) is 0 Å². The summed E-state index contributed by atoms with van der Waals surface area (Å²) in [5.74, 6) is 0.939. The van der Waals surface area contributed by atoms with Gasteiger partial charge < -0.3 is 10.1 Å². The van der Waals surface area contributed by atoms with Crippen molar-refractivity contribution < 1.29 is 4.74 Å². The van der Waals surface area contributed by atoms with E-state index >= 15 is 0 Å².